The van der Waals surface area contributed by atoms with Gasteiger partial charge in [0.25, 0.3) is 0 Å². The zero-order valence-corrected chi connectivity index (χ0v) is 11.8. The molecule has 2 unspecified atom stereocenters. The summed E-state index contributed by atoms with van der Waals surface area (Å²) in [5.41, 5.74) is 0. The van der Waals surface area contributed by atoms with Crippen molar-refractivity contribution in [2.24, 2.45) is 0 Å². The molecule has 2 aliphatic rings. The zero-order valence-electron chi connectivity index (χ0n) is 11.0. The lowest BCUT2D eigenvalue weighted by atomic mass is 10.3. The fourth-order valence-corrected chi connectivity index (χ4v) is 3.68. The highest BCUT2D eigenvalue weighted by Gasteiger charge is 2.41. The lowest BCUT2D eigenvalue weighted by molar-refractivity contribution is -0.141. The van der Waals surface area contributed by atoms with Crippen molar-refractivity contribution in [3.8, 4) is 0 Å². The van der Waals surface area contributed by atoms with Gasteiger partial charge in [-0.15, -0.1) is 22.0 Å². The van der Waals surface area contributed by atoms with Crippen molar-refractivity contribution in [2.75, 3.05) is 12.3 Å². The van der Waals surface area contributed by atoms with Crippen LogP contribution in [0.25, 0.3) is 0 Å². The minimum atomic E-state index is -0.949. The number of hydrogen-bond acceptors (Lipinski definition) is 5. The molecule has 3 rings (SSSR count). The maximum atomic E-state index is 12.6. The van der Waals surface area contributed by atoms with Crippen LogP contribution in [0.1, 0.15) is 12.7 Å². The predicted molar refractivity (Wildman–Crippen MR) is 71.0 cm³/mol. The molecule has 0 saturated carbocycles. The van der Waals surface area contributed by atoms with E-state index in [1.165, 1.54) is 16.7 Å². The van der Waals surface area contributed by atoms with Gasteiger partial charge in [-0.05, 0) is 6.92 Å². The Balaban J connectivity index is 1.77. The summed E-state index contributed by atoms with van der Waals surface area (Å²) in [6.07, 6.45) is 1.64. The molecule has 20 heavy (non-hydrogen) atoms. The highest BCUT2D eigenvalue weighted by atomic mass is 32.2. The van der Waals surface area contributed by atoms with Gasteiger partial charge >= 0.3 is 12.0 Å². The molecular formula is C11H15N5O3S. The molecule has 0 aliphatic carbocycles. The normalized spacial score (nSPS) is 25.6. The SMILES string of the molecule is CC1SCC(C(=O)O)N1C(=O)N1CCn2cnnc2C1. The van der Waals surface area contributed by atoms with E-state index in [4.69, 9.17) is 0 Å². The number of urea groups is 1. The van der Waals surface area contributed by atoms with Gasteiger partial charge in [-0.25, -0.2) is 9.59 Å². The number of fused-ring (bicyclic) bond motifs is 1. The summed E-state index contributed by atoms with van der Waals surface area (Å²) in [5, 5.41) is 16.9. The van der Waals surface area contributed by atoms with Crippen LogP contribution in [0, 0.1) is 0 Å². The van der Waals surface area contributed by atoms with Gasteiger partial charge in [-0.2, -0.15) is 0 Å². The number of thioether (sulfide) groups is 1. The highest BCUT2D eigenvalue weighted by Crippen LogP contribution is 2.30. The number of carboxylic acids is 1. The Hall–Kier alpha value is -1.77. The standard InChI is InChI=1S/C11H15N5O3S/c1-7-16(8(5-20-7)10(17)18)11(19)14-2-3-15-6-12-13-9(15)4-14/h6-8H,2-5H2,1H3,(H,17,18). The Morgan fingerprint density at radius 3 is 3.00 bits per heavy atom. The van der Waals surface area contributed by atoms with Crippen molar-refractivity contribution in [2.45, 2.75) is 31.4 Å². The molecule has 2 amide bonds. The molecule has 1 saturated heterocycles. The molecule has 0 bridgehead atoms. The molecule has 8 nitrogen and oxygen atoms in total. The number of carbonyl (C=O) groups is 2. The molecule has 1 fully saturated rings. The van der Waals surface area contributed by atoms with E-state index < -0.39 is 12.0 Å². The fourth-order valence-electron chi connectivity index (χ4n) is 2.52. The second kappa shape index (κ2) is 4.97. The Bertz CT molecular complexity index is 548. The number of nitrogens with zero attached hydrogens (tertiary/aromatic N) is 5. The number of hydrogen-bond donors (Lipinski definition) is 1. The number of rotatable bonds is 1. The summed E-state index contributed by atoms with van der Waals surface area (Å²) in [6.45, 7) is 3.42. The van der Waals surface area contributed by atoms with Gasteiger partial charge in [0.05, 0.1) is 11.9 Å². The van der Waals surface area contributed by atoms with Crippen molar-refractivity contribution in [1.29, 1.82) is 0 Å². The lowest BCUT2D eigenvalue weighted by Crippen LogP contribution is -2.52. The van der Waals surface area contributed by atoms with Crippen LogP contribution in [-0.2, 0) is 17.9 Å². The highest BCUT2D eigenvalue weighted by molar-refractivity contribution is 8.00. The van der Waals surface area contributed by atoms with Gasteiger partial charge in [0.15, 0.2) is 5.82 Å². The van der Waals surface area contributed by atoms with Crippen LogP contribution < -0.4 is 0 Å². The van der Waals surface area contributed by atoms with Crippen molar-refractivity contribution < 1.29 is 14.7 Å². The quantitative estimate of drug-likeness (QED) is 0.788. The lowest BCUT2D eigenvalue weighted by Gasteiger charge is -2.34. The minimum absolute atomic E-state index is 0.122. The molecular weight excluding hydrogens is 282 g/mol. The van der Waals surface area contributed by atoms with Gasteiger partial charge in [-0.1, -0.05) is 0 Å². The zero-order chi connectivity index (χ0) is 14.3. The molecule has 1 aromatic rings. The number of aromatic nitrogens is 3. The molecule has 0 aromatic carbocycles. The van der Waals surface area contributed by atoms with E-state index in [0.29, 0.717) is 25.4 Å². The summed E-state index contributed by atoms with van der Waals surface area (Å²) >= 11 is 1.49. The van der Waals surface area contributed by atoms with Gasteiger partial charge in [0.2, 0.25) is 0 Å². The van der Waals surface area contributed by atoms with Gasteiger partial charge in [-0.3, -0.25) is 4.90 Å². The van der Waals surface area contributed by atoms with Crippen LogP contribution in [-0.4, -0.2) is 65.4 Å². The molecule has 0 spiro atoms. The number of aliphatic carboxylic acids is 1. The van der Waals surface area contributed by atoms with E-state index in [0.717, 1.165) is 5.82 Å². The molecule has 3 heterocycles. The summed E-state index contributed by atoms with van der Waals surface area (Å²) in [5.74, 6) is 0.220. The second-order valence-corrected chi connectivity index (χ2v) is 6.19. The molecule has 108 valence electrons. The topological polar surface area (TPSA) is 91.6 Å². The fraction of sp³-hybridized carbons (Fsp3) is 0.636. The van der Waals surface area contributed by atoms with E-state index >= 15 is 0 Å². The maximum absolute atomic E-state index is 12.6. The molecule has 1 aromatic heterocycles. The first-order chi connectivity index (χ1) is 9.58. The van der Waals surface area contributed by atoms with E-state index in [1.807, 2.05) is 11.5 Å². The number of amides is 2. The predicted octanol–water partition coefficient (Wildman–Crippen LogP) is 0.0617. The first kappa shape index (κ1) is 13.2. The van der Waals surface area contributed by atoms with E-state index in [-0.39, 0.29) is 11.4 Å². The molecule has 1 N–H and O–H groups in total. The Morgan fingerprint density at radius 1 is 1.45 bits per heavy atom. The van der Waals surface area contributed by atoms with Crippen LogP contribution in [0.4, 0.5) is 4.79 Å². The van der Waals surface area contributed by atoms with E-state index in [9.17, 15) is 14.7 Å². The largest absolute Gasteiger partial charge is 0.480 e. The van der Waals surface area contributed by atoms with Gasteiger partial charge < -0.3 is 14.6 Å². The summed E-state index contributed by atoms with van der Waals surface area (Å²) in [6, 6.07) is -0.980. The molecule has 2 aliphatic heterocycles. The second-order valence-electron chi connectivity index (χ2n) is 4.84. The molecule has 9 heteroatoms. The minimum Gasteiger partial charge on any atom is -0.480 e. The average Bonchev–Trinajstić information content (AvgIpc) is 3.03. The first-order valence-corrected chi connectivity index (χ1v) is 7.41. The molecule has 2 atom stereocenters. The van der Waals surface area contributed by atoms with Gasteiger partial charge in [0.1, 0.15) is 12.4 Å². The maximum Gasteiger partial charge on any atom is 0.327 e. The Kier molecular flexibility index (Phi) is 3.28. The van der Waals surface area contributed by atoms with Crippen molar-refractivity contribution >= 4 is 23.8 Å². The number of carboxylic acid groups (broad SMARTS) is 1. The van der Waals surface area contributed by atoms with Crippen LogP contribution in [0.3, 0.4) is 0 Å². The van der Waals surface area contributed by atoms with Gasteiger partial charge in [0, 0.05) is 18.8 Å². The van der Waals surface area contributed by atoms with Crippen LogP contribution >= 0.6 is 11.8 Å². The van der Waals surface area contributed by atoms with Crippen LogP contribution in [0.5, 0.6) is 0 Å². The third kappa shape index (κ3) is 2.11. The Labute approximate surface area is 119 Å². The Morgan fingerprint density at radius 2 is 2.25 bits per heavy atom. The van der Waals surface area contributed by atoms with Crippen molar-refractivity contribution in [1.82, 2.24) is 24.6 Å². The molecule has 0 radical (unpaired) electrons. The van der Waals surface area contributed by atoms with Crippen LogP contribution in [0.15, 0.2) is 6.33 Å². The monoisotopic (exact) mass is 297 g/mol. The van der Waals surface area contributed by atoms with Crippen LogP contribution in [0.2, 0.25) is 0 Å². The van der Waals surface area contributed by atoms with Crippen molar-refractivity contribution in [3.63, 3.8) is 0 Å². The summed E-state index contributed by atoms with van der Waals surface area (Å²) in [7, 11) is 0. The number of carbonyl (C=O) groups excluding carboxylic acids is 1. The summed E-state index contributed by atoms with van der Waals surface area (Å²) < 4.78 is 1.90. The third-order valence-electron chi connectivity index (χ3n) is 3.64. The van der Waals surface area contributed by atoms with E-state index in [1.54, 1.807) is 11.2 Å². The van der Waals surface area contributed by atoms with Crippen molar-refractivity contribution in [3.05, 3.63) is 12.2 Å². The third-order valence-corrected chi connectivity index (χ3v) is 4.86. The smallest absolute Gasteiger partial charge is 0.327 e. The summed E-state index contributed by atoms with van der Waals surface area (Å²) in [4.78, 5) is 26.9. The van der Waals surface area contributed by atoms with E-state index in [2.05, 4.69) is 10.2 Å². The first-order valence-electron chi connectivity index (χ1n) is 6.36. The average molecular weight is 297 g/mol.